The molecule has 0 amide bonds. The van der Waals surface area contributed by atoms with Crippen molar-refractivity contribution in [2.75, 3.05) is 0 Å². The van der Waals surface area contributed by atoms with Crippen LogP contribution >= 0.6 is 0 Å². The van der Waals surface area contributed by atoms with Gasteiger partial charge in [0.05, 0.1) is 16.9 Å². The molecule has 0 aliphatic heterocycles. The average Bonchev–Trinajstić information content (AvgIpc) is 2.79. The average molecular weight is 443 g/mol. The van der Waals surface area contributed by atoms with E-state index in [9.17, 15) is 4.21 Å². The summed E-state index contributed by atoms with van der Waals surface area (Å²) in [6.07, 6.45) is 3.19. The van der Waals surface area contributed by atoms with E-state index in [1.54, 1.807) is 0 Å². The molecule has 2 rings (SSSR count). The number of hydrogen-bond donors (Lipinski definition) is 0. The molecule has 0 saturated heterocycles. The van der Waals surface area contributed by atoms with Crippen LogP contribution in [-0.4, -0.2) is 18.6 Å². The molecule has 0 radical (unpaired) electrons. The number of unbranched alkanes of at least 4 members (excludes halogenated alkanes) is 1. The Bertz CT molecular complexity index is 802. The number of aryl methyl sites for hydroxylation is 1. The van der Waals surface area contributed by atoms with Crippen molar-refractivity contribution in [1.82, 2.24) is 0 Å². The maximum atomic E-state index is 13.3. The standard InChI is InChI=1S/C26H38O2SSi/c1-6-10-16-26(28-30(7-2,8-3)9-4)25(23-14-12-11-13-15-23)21-29(27)24-19-17-22(5)18-20-24/h11-15,17-21,26H,6-10,16H2,1-5H3/b25-21-/t26?,29-/m1/s1. The van der Waals surface area contributed by atoms with Gasteiger partial charge in [-0.2, -0.15) is 0 Å². The van der Waals surface area contributed by atoms with Crippen molar-refractivity contribution < 1.29 is 8.63 Å². The van der Waals surface area contributed by atoms with Gasteiger partial charge in [-0.3, -0.25) is 0 Å². The molecule has 0 bridgehead atoms. The van der Waals surface area contributed by atoms with Gasteiger partial charge in [-0.15, -0.1) is 0 Å². The third-order valence-corrected chi connectivity index (χ3v) is 11.9. The van der Waals surface area contributed by atoms with Gasteiger partial charge < -0.3 is 4.43 Å². The Morgan fingerprint density at radius 2 is 1.57 bits per heavy atom. The number of benzene rings is 2. The summed E-state index contributed by atoms with van der Waals surface area (Å²) in [4.78, 5) is 0.841. The van der Waals surface area contributed by atoms with Crippen LogP contribution in [0, 0.1) is 6.92 Å². The molecule has 0 saturated carbocycles. The van der Waals surface area contributed by atoms with Crippen LogP contribution in [0.4, 0.5) is 0 Å². The molecule has 0 aliphatic carbocycles. The molecule has 2 aromatic carbocycles. The normalized spacial score (nSPS) is 14.5. The summed E-state index contributed by atoms with van der Waals surface area (Å²) in [5.41, 5.74) is 3.37. The Morgan fingerprint density at radius 1 is 0.967 bits per heavy atom. The Labute approximate surface area is 187 Å². The van der Waals surface area contributed by atoms with Crippen molar-refractivity contribution in [2.45, 2.75) is 83.0 Å². The molecule has 0 N–H and O–H groups in total. The lowest BCUT2D eigenvalue weighted by Crippen LogP contribution is -2.40. The van der Waals surface area contributed by atoms with Crippen LogP contribution < -0.4 is 0 Å². The lowest BCUT2D eigenvalue weighted by atomic mass is 9.98. The summed E-state index contributed by atoms with van der Waals surface area (Å²) in [6, 6.07) is 21.7. The van der Waals surface area contributed by atoms with Gasteiger partial charge in [0.1, 0.15) is 0 Å². The molecule has 0 fully saturated rings. The summed E-state index contributed by atoms with van der Waals surface area (Å²) < 4.78 is 20.3. The predicted octanol–water partition coefficient (Wildman–Crippen LogP) is 7.72. The maximum Gasteiger partial charge on any atom is 0.192 e. The van der Waals surface area contributed by atoms with Gasteiger partial charge in [0.25, 0.3) is 0 Å². The van der Waals surface area contributed by atoms with Crippen molar-refractivity contribution in [2.24, 2.45) is 0 Å². The maximum absolute atomic E-state index is 13.3. The predicted molar refractivity (Wildman–Crippen MR) is 134 cm³/mol. The summed E-state index contributed by atoms with van der Waals surface area (Å²) in [5.74, 6) is 0. The second kappa shape index (κ2) is 12.4. The van der Waals surface area contributed by atoms with Crippen molar-refractivity contribution in [3.63, 3.8) is 0 Å². The van der Waals surface area contributed by atoms with Gasteiger partial charge in [-0.05, 0) is 54.7 Å². The van der Waals surface area contributed by atoms with Crippen LogP contribution in [-0.2, 0) is 15.2 Å². The van der Waals surface area contributed by atoms with Gasteiger partial charge in [-0.1, -0.05) is 88.6 Å². The Balaban J connectivity index is 2.50. The van der Waals surface area contributed by atoms with E-state index in [1.165, 1.54) is 5.56 Å². The Hall–Kier alpha value is -1.49. The molecule has 0 aromatic heterocycles. The summed E-state index contributed by atoms with van der Waals surface area (Å²) in [7, 11) is -3.01. The van der Waals surface area contributed by atoms with Crippen LogP contribution in [0.2, 0.25) is 18.1 Å². The summed E-state index contributed by atoms with van der Waals surface area (Å²) in [6.45, 7) is 11.1. The Kier molecular flexibility index (Phi) is 10.2. The molecule has 30 heavy (non-hydrogen) atoms. The quantitative estimate of drug-likeness (QED) is 0.314. The molecule has 4 heteroatoms. The lowest BCUT2D eigenvalue weighted by Gasteiger charge is -2.35. The highest BCUT2D eigenvalue weighted by Gasteiger charge is 2.33. The fourth-order valence-electron chi connectivity index (χ4n) is 3.79. The van der Waals surface area contributed by atoms with Crippen LogP contribution in [0.3, 0.4) is 0 Å². The van der Waals surface area contributed by atoms with Crippen LogP contribution in [0.1, 0.15) is 58.1 Å². The highest BCUT2D eigenvalue weighted by molar-refractivity contribution is 7.88. The fraction of sp³-hybridized carbons (Fsp3) is 0.462. The van der Waals surface area contributed by atoms with Gasteiger partial charge in [-0.25, -0.2) is 4.21 Å². The van der Waals surface area contributed by atoms with Gasteiger partial charge in [0.15, 0.2) is 8.32 Å². The van der Waals surface area contributed by atoms with Gasteiger partial charge in [0.2, 0.25) is 0 Å². The van der Waals surface area contributed by atoms with Crippen molar-refractivity contribution in [3.8, 4) is 0 Å². The summed E-state index contributed by atoms with van der Waals surface area (Å²) >= 11 is 0. The van der Waals surface area contributed by atoms with E-state index in [1.807, 2.05) is 35.7 Å². The van der Waals surface area contributed by atoms with E-state index in [2.05, 4.69) is 58.9 Å². The second-order valence-corrected chi connectivity index (χ2v) is 14.1. The smallest absolute Gasteiger partial charge is 0.192 e. The topological polar surface area (TPSA) is 26.3 Å². The minimum Gasteiger partial charge on any atom is -0.410 e. The summed E-state index contributed by atoms with van der Waals surface area (Å²) in [5, 5.41) is 1.94. The van der Waals surface area contributed by atoms with Gasteiger partial charge in [0, 0.05) is 10.3 Å². The largest absolute Gasteiger partial charge is 0.410 e. The van der Waals surface area contributed by atoms with E-state index in [0.29, 0.717) is 0 Å². The zero-order valence-electron chi connectivity index (χ0n) is 19.3. The fourth-order valence-corrected chi connectivity index (χ4v) is 7.69. The third-order valence-electron chi connectivity index (χ3n) is 6.09. The minimum absolute atomic E-state index is 0.00624. The first-order valence-electron chi connectivity index (χ1n) is 11.4. The first kappa shape index (κ1) is 24.8. The van der Waals surface area contributed by atoms with Crippen LogP contribution in [0.25, 0.3) is 5.57 Å². The van der Waals surface area contributed by atoms with Crippen molar-refractivity contribution in [3.05, 3.63) is 71.1 Å². The molecule has 2 nitrogen and oxygen atoms in total. The molecule has 0 spiro atoms. The Morgan fingerprint density at radius 3 is 2.10 bits per heavy atom. The van der Waals surface area contributed by atoms with Crippen LogP contribution in [0.15, 0.2) is 64.9 Å². The molecule has 164 valence electrons. The van der Waals surface area contributed by atoms with E-state index in [-0.39, 0.29) is 6.10 Å². The van der Waals surface area contributed by atoms with Gasteiger partial charge >= 0.3 is 0 Å². The molecular formula is C26H38O2SSi. The molecule has 0 aliphatic rings. The molecule has 2 atom stereocenters. The van der Waals surface area contributed by atoms with E-state index < -0.39 is 19.1 Å². The monoisotopic (exact) mass is 442 g/mol. The zero-order valence-corrected chi connectivity index (χ0v) is 21.1. The van der Waals surface area contributed by atoms with E-state index in [4.69, 9.17) is 4.43 Å². The third kappa shape index (κ3) is 6.76. The van der Waals surface area contributed by atoms with E-state index >= 15 is 0 Å². The highest BCUT2D eigenvalue weighted by Crippen LogP contribution is 2.32. The molecular weight excluding hydrogens is 404 g/mol. The molecule has 2 aromatic rings. The van der Waals surface area contributed by atoms with E-state index in [0.717, 1.165) is 53.4 Å². The highest BCUT2D eigenvalue weighted by atomic mass is 32.2. The first-order chi connectivity index (χ1) is 14.5. The first-order valence-corrected chi connectivity index (χ1v) is 15.1. The van der Waals surface area contributed by atoms with Crippen molar-refractivity contribution >= 4 is 24.7 Å². The molecule has 0 heterocycles. The van der Waals surface area contributed by atoms with Crippen molar-refractivity contribution in [1.29, 1.82) is 0 Å². The SMILES string of the molecule is CCCCC(O[Si](CC)(CC)CC)/C(=C\[S@@](=O)c1ccc(C)cc1)c1ccccc1. The zero-order chi connectivity index (χ0) is 22.0. The molecule has 1 unspecified atom stereocenters. The second-order valence-electron chi connectivity index (χ2n) is 8.04. The lowest BCUT2D eigenvalue weighted by molar-refractivity contribution is 0.227. The number of rotatable bonds is 12. The van der Waals surface area contributed by atoms with Crippen LogP contribution in [0.5, 0.6) is 0 Å². The number of hydrogen-bond acceptors (Lipinski definition) is 2. The minimum atomic E-state index is -1.80.